The van der Waals surface area contributed by atoms with Gasteiger partial charge in [0.15, 0.2) is 44.5 Å². The van der Waals surface area contributed by atoms with Gasteiger partial charge in [0, 0.05) is 5.92 Å². The van der Waals surface area contributed by atoms with Crippen molar-refractivity contribution in [3.8, 4) is 11.5 Å². The summed E-state index contributed by atoms with van der Waals surface area (Å²) in [6.45, 7) is 0. The molecule has 1 saturated carbocycles. The number of nitrogens with zero attached hydrogens (tertiary/aromatic N) is 2. The summed E-state index contributed by atoms with van der Waals surface area (Å²) >= 11 is 13.9. The SMILES string of the molecule is COC(=O)N1C(=O)C2CC=C3C(CC4(Cl)C(=O)N(c5c(F)c(F)c(F)c(F)c5F)C(=O)C4(Cl)C3C=Cc3ccc(O)c(OC)c3)C2C1=O. The monoisotopic (exact) mass is 714 g/mol. The van der Waals surface area contributed by atoms with Gasteiger partial charge in [-0.3, -0.25) is 19.2 Å². The highest BCUT2D eigenvalue weighted by Gasteiger charge is 2.76. The molecule has 2 aromatic rings. The molecule has 0 aromatic heterocycles. The summed E-state index contributed by atoms with van der Waals surface area (Å²) in [6.07, 6.45) is 1.95. The zero-order valence-corrected chi connectivity index (χ0v) is 26.0. The number of likely N-dealkylation sites (tertiary alicyclic amines) is 1. The number of carbonyl (C=O) groups excluding carboxylic acids is 5. The molecular weight excluding hydrogens is 694 g/mol. The third-order valence-electron chi connectivity index (χ3n) is 9.32. The lowest BCUT2D eigenvalue weighted by Crippen LogP contribution is -2.60. The Morgan fingerprint density at radius 3 is 2.17 bits per heavy atom. The number of aromatic hydroxyl groups is 1. The minimum absolute atomic E-state index is 0.0354. The average Bonchev–Trinajstić information content (AvgIpc) is 3.41. The Hall–Kier alpha value is -4.50. The predicted molar refractivity (Wildman–Crippen MR) is 155 cm³/mol. The zero-order valence-electron chi connectivity index (χ0n) is 24.5. The van der Waals surface area contributed by atoms with Crippen LogP contribution in [0.1, 0.15) is 18.4 Å². The van der Waals surface area contributed by atoms with Crippen molar-refractivity contribution in [1.29, 1.82) is 0 Å². The Balaban J connectivity index is 1.55. The lowest BCUT2D eigenvalue weighted by Gasteiger charge is -2.49. The summed E-state index contributed by atoms with van der Waals surface area (Å²) in [5.74, 6) is -23.0. The summed E-state index contributed by atoms with van der Waals surface area (Å²) in [7, 11) is 2.22. The van der Waals surface area contributed by atoms with E-state index in [-0.39, 0.29) is 28.4 Å². The number of phenolic OH excluding ortho intramolecular Hbond substituents is 1. The zero-order chi connectivity index (χ0) is 35.2. The fraction of sp³-hybridized carbons (Fsp3) is 0.323. The van der Waals surface area contributed by atoms with Crippen LogP contribution < -0.4 is 9.64 Å². The average molecular weight is 715 g/mol. The van der Waals surface area contributed by atoms with Crippen molar-refractivity contribution in [3.05, 3.63) is 70.6 Å². The number of benzene rings is 2. The first-order valence-corrected chi connectivity index (χ1v) is 14.8. The molecule has 5 amide bonds. The number of alkyl halides is 2. The smallest absolute Gasteiger partial charge is 0.423 e. The van der Waals surface area contributed by atoms with E-state index >= 15 is 8.78 Å². The molecule has 6 rings (SSSR count). The van der Waals surface area contributed by atoms with Crippen LogP contribution in [0.4, 0.5) is 32.4 Å². The molecule has 252 valence electrons. The number of fused-ring (bicyclic) bond motifs is 4. The normalized spacial score (nSPS) is 29.6. The number of imide groups is 4. The summed E-state index contributed by atoms with van der Waals surface area (Å²) in [4.78, 5) is 61.9. The fourth-order valence-corrected chi connectivity index (χ4v) is 7.98. The van der Waals surface area contributed by atoms with Crippen molar-refractivity contribution in [2.24, 2.45) is 23.7 Å². The molecule has 0 spiro atoms. The van der Waals surface area contributed by atoms with Gasteiger partial charge in [0.25, 0.3) is 11.8 Å². The van der Waals surface area contributed by atoms with Crippen LogP contribution >= 0.6 is 23.2 Å². The van der Waals surface area contributed by atoms with Crippen LogP contribution in [0.2, 0.25) is 0 Å². The van der Waals surface area contributed by atoms with Crippen LogP contribution in [0, 0.1) is 52.8 Å². The molecule has 2 aromatic carbocycles. The molecule has 4 aliphatic rings. The Morgan fingerprint density at radius 2 is 1.56 bits per heavy atom. The van der Waals surface area contributed by atoms with Gasteiger partial charge in [-0.05, 0) is 36.5 Å². The van der Waals surface area contributed by atoms with Crippen molar-refractivity contribution < 1.29 is 60.5 Å². The van der Waals surface area contributed by atoms with Crippen molar-refractivity contribution in [2.45, 2.75) is 22.6 Å². The largest absolute Gasteiger partial charge is 0.504 e. The molecule has 0 bridgehead atoms. The van der Waals surface area contributed by atoms with E-state index in [2.05, 4.69) is 4.74 Å². The second-order valence-corrected chi connectivity index (χ2v) is 12.8. The summed E-state index contributed by atoms with van der Waals surface area (Å²) in [5.41, 5.74) is -1.39. The topological polar surface area (TPSA) is 131 Å². The van der Waals surface area contributed by atoms with Crippen molar-refractivity contribution >= 4 is 64.7 Å². The number of methoxy groups -OCH3 is 2. The molecule has 17 heteroatoms. The van der Waals surface area contributed by atoms with E-state index in [9.17, 15) is 42.3 Å². The molecule has 2 saturated heterocycles. The fourth-order valence-electron chi connectivity index (χ4n) is 7.09. The maximum atomic E-state index is 15.1. The van der Waals surface area contributed by atoms with Crippen LogP contribution in [-0.2, 0) is 23.9 Å². The van der Waals surface area contributed by atoms with Gasteiger partial charge >= 0.3 is 6.09 Å². The van der Waals surface area contributed by atoms with Crippen molar-refractivity contribution in [3.63, 3.8) is 0 Å². The molecule has 10 nitrogen and oxygen atoms in total. The molecule has 3 fully saturated rings. The molecule has 2 aliphatic carbocycles. The maximum absolute atomic E-state index is 15.1. The summed E-state index contributed by atoms with van der Waals surface area (Å²) in [6, 6.07) is 4.07. The predicted octanol–water partition coefficient (Wildman–Crippen LogP) is 4.97. The number of rotatable bonds is 4. The van der Waals surface area contributed by atoms with Crippen LogP contribution in [0.5, 0.6) is 11.5 Å². The quantitative estimate of drug-likeness (QED) is 0.117. The van der Waals surface area contributed by atoms with Gasteiger partial charge in [0.1, 0.15) is 5.69 Å². The molecule has 48 heavy (non-hydrogen) atoms. The van der Waals surface area contributed by atoms with Gasteiger partial charge in [0.05, 0.1) is 26.1 Å². The summed E-state index contributed by atoms with van der Waals surface area (Å²) in [5, 5.41) is 10.00. The first-order chi connectivity index (χ1) is 22.6. The number of halogens is 7. The van der Waals surface area contributed by atoms with E-state index in [1.165, 1.54) is 43.5 Å². The second kappa shape index (κ2) is 11.3. The van der Waals surface area contributed by atoms with E-state index in [0.29, 0.717) is 10.5 Å². The first kappa shape index (κ1) is 33.4. The number of amides is 5. The first-order valence-electron chi connectivity index (χ1n) is 14.1. The molecule has 1 N–H and O–H groups in total. The van der Waals surface area contributed by atoms with E-state index in [1.54, 1.807) is 0 Å². The van der Waals surface area contributed by atoms with Gasteiger partial charge in [0.2, 0.25) is 17.6 Å². The van der Waals surface area contributed by atoms with Crippen LogP contribution in [-0.4, -0.2) is 63.7 Å². The molecule has 0 radical (unpaired) electrons. The van der Waals surface area contributed by atoms with Crippen molar-refractivity contribution in [1.82, 2.24) is 4.90 Å². The third-order valence-corrected chi connectivity index (χ3v) is 10.8. The van der Waals surface area contributed by atoms with Crippen LogP contribution in [0.25, 0.3) is 6.08 Å². The molecule has 6 unspecified atom stereocenters. The minimum atomic E-state index is -2.71. The summed E-state index contributed by atoms with van der Waals surface area (Å²) < 4.78 is 82.4. The Morgan fingerprint density at radius 1 is 0.938 bits per heavy atom. The number of ether oxygens (including phenoxy) is 2. The van der Waals surface area contributed by atoms with E-state index in [4.69, 9.17) is 27.9 Å². The third kappa shape index (κ3) is 4.25. The van der Waals surface area contributed by atoms with E-state index in [0.717, 1.165) is 7.11 Å². The van der Waals surface area contributed by atoms with E-state index < -0.39 is 104 Å². The highest BCUT2D eigenvalue weighted by Crippen LogP contribution is 2.64. The molecule has 2 heterocycles. The number of hydrogen-bond donors (Lipinski definition) is 1. The number of anilines is 1. The lowest BCUT2D eigenvalue weighted by atomic mass is 9.57. The van der Waals surface area contributed by atoms with Crippen LogP contribution in [0.3, 0.4) is 0 Å². The van der Waals surface area contributed by atoms with Gasteiger partial charge in [-0.2, -0.15) is 4.90 Å². The number of hydrogen-bond acceptors (Lipinski definition) is 8. The lowest BCUT2D eigenvalue weighted by molar-refractivity contribution is -0.138. The Labute approximate surface area is 277 Å². The Kier molecular flexibility index (Phi) is 7.86. The minimum Gasteiger partial charge on any atom is -0.504 e. The van der Waals surface area contributed by atoms with Gasteiger partial charge in [-0.1, -0.05) is 29.9 Å². The highest BCUT2D eigenvalue weighted by atomic mass is 35.5. The van der Waals surface area contributed by atoms with Crippen molar-refractivity contribution in [2.75, 3.05) is 19.1 Å². The number of phenols is 1. The number of carbonyl (C=O) groups is 5. The second-order valence-electron chi connectivity index (χ2n) is 11.5. The van der Waals surface area contributed by atoms with Gasteiger partial charge in [-0.15, -0.1) is 23.2 Å². The highest BCUT2D eigenvalue weighted by molar-refractivity contribution is 6.58. The molecule has 2 aliphatic heterocycles. The number of allylic oxidation sites excluding steroid dienone is 3. The molecule has 6 atom stereocenters. The van der Waals surface area contributed by atoms with Gasteiger partial charge in [-0.25, -0.2) is 31.6 Å². The Bertz CT molecular complexity index is 1890. The van der Waals surface area contributed by atoms with Crippen LogP contribution in [0.15, 0.2) is 35.9 Å². The maximum Gasteiger partial charge on any atom is 0.423 e. The standard InChI is InChI=1S/C31H21Cl2F5N2O8/c1-47-17-9-11(4-8-16(17)41)3-7-15-12-5-6-13-18(26(43)40(25(13)42)29(46)48-2)14(12)10-30(32)27(44)39(28(45)31(15,30)33)24-22(37)20(35)19(34)21(36)23(24)38/h3-5,7-9,13-15,18,41H,6,10H2,1-2H3. The molecular formula is C31H21Cl2F5N2O8. The van der Waals surface area contributed by atoms with E-state index in [1.807, 2.05) is 0 Å². The van der Waals surface area contributed by atoms with Gasteiger partial charge < -0.3 is 14.6 Å².